The summed E-state index contributed by atoms with van der Waals surface area (Å²) in [5.41, 5.74) is 3.68. The summed E-state index contributed by atoms with van der Waals surface area (Å²) in [6.45, 7) is 13.1. The van der Waals surface area contributed by atoms with E-state index in [-0.39, 0.29) is 23.4 Å². The summed E-state index contributed by atoms with van der Waals surface area (Å²) in [5.74, 6) is 1.52. The fourth-order valence-corrected chi connectivity index (χ4v) is 5.64. The molecule has 1 aliphatic rings. The molecule has 0 spiro atoms. The Hall–Kier alpha value is -4.13. The zero-order valence-corrected chi connectivity index (χ0v) is 24.8. The molecule has 0 aliphatic carbocycles. The molecule has 2 aromatic carbocycles. The molecule has 1 fully saturated rings. The maximum Gasteiger partial charge on any atom is 0.340 e. The van der Waals surface area contributed by atoms with E-state index in [4.69, 9.17) is 9.15 Å². The third-order valence-corrected chi connectivity index (χ3v) is 7.65. The molecular weight excluding hydrogens is 514 g/mol. The van der Waals surface area contributed by atoms with Crippen LogP contribution in [0.4, 0.5) is 11.5 Å². The van der Waals surface area contributed by atoms with Gasteiger partial charge in [0.2, 0.25) is 0 Å². The molecule has 5 rings (SSSR count). The number of anilines is 2. The number of nitrogens with zero attached hydrogens (tertiary/aromatic N) is 2. The minimum absolute atomic E-state index is 0.0136. The van der Waals surface area contributed by atoms with Gasteiger partial charge in [-0.25, -0.2) is 9.78 Å². The molecule has 0 amide bonds. The van der Waals surface area contributed by atoms with Gasteiger partial charge in [-0.2, -0.15) is 0 Å². The van der Waals surface area contributed by atoms with E-state index in [2.05, 4.69) is 21.3 Å². The number of benzene rings is 2. The number of nitrogens with one attached hydrogen (secondary N) is 1. The number of aryl methyl sites for hydroxylation is 1. The van der Waals surface area contributed by atoms with Crippen LogP contribution in [0.25, 0.3) is 11.0 Å². The van der Waals surface area contributed by atoms with Crippen molar-refractivity contribution in [2.24, 2.45) is 0 Å². The summed E-state index contributed by atoms with van der Waals surface area (Å²) in [6, 6.07) is 17.0. The SMILES string of the molecule is Cc1cc(C(C)Nc2ccccc2C(=O)OC(C)(C)C)c2oc(C3CCN(c4ccccn4)CC3)c(C)c(=O)c2c1. The van der Waals surface area contributed by atoms with Gasteiger partial charge in [-0.05, 0) is 90.3 Å². The quantitative estimate of drug-likeness (QED) is 0.251. The highest BCUT2D eigenvalue weighted by Gasteiger charge is 2.28. The van der Waals surface area contributed by atoms with E-state index in [0.29, 0.717) is 27.8 Å². The number of carbonyl (C=O) groups excluding carboxylic acids is 1. The number of hydrogen-bond donors (Lipinski definition) is 1. The van der Waals surface area contributed by atoms with Crippen molar-refractivity contribution in [1.29, 1.82) is 0 Å². The number of aromatic nitrogens is 1. The number of rotatable bonds is 6. The molecule has 0 saturated carbocycles. The Morgan fingerprint density at radius 1 is 1.07 bits per heavy atom. The molecule has 214 valence electrons. The lowest BCUT2D eigenvalue weighted by molar-refractivity contribution is 0.00706. The zero-order chi connectivity index (χ0) is 29.3. The number of esters is 1. The zero-order valence-electron chi connectivity index (χ0n) is 24.8. The van der Waals surface area contributed by atoms with Gasteiger partial charge < -0.3 is 19.4 Å². The second-order valence-electron chi connectivity index (χ2n) is 12.0. The van der Waals surface area contributed by atoms with Crippen molar-refractivity contribution >= 4 is 28.4 Å². The first-order valence-electron chi connectivity index (χ1n) is 14.3. The molecule has 3 heterocycles. The number of fused-ring (bicyclic) bond motifs is 1. The number of hydrogen-bond acceptors (Lipinski definition) is 7. The molecule has 1 atom stereocenters. The van der Waals surface area contributed by atoms with E-state index in [1.165, 1.54) is 0 Å². The molecule has 0 bridgehead atoms. The predicted molar refractivity (Wildman–Crippen MR) is 164 cm³/mol. The highest BCUT2D eigenvalue weighted by Crippen LogP contribution is 2.35. The van der Waals surface area contributed by atoms with Crippen LogP contribution >= 0.6 is 0 Å². The van der Waals surface area contributed by atoms with Gasteiger partial charge in [-0.15, -0.1) is 0 Å². The first-order valence-corrected chi connectivity index (χ1v) is 14.3. The van der Waals surface area contributed by atoms with Gasteiger partial charge in [-0.1, -0.05) is 24.3 Å². The van der Waals surface area contributed by atoms with Crippen LogP contribution in [0.5, 0.6) is 0 Å². The summed E-state index contributed by atoms with van der Waals surface area (Å²) in [7, 11) is 0. The highest BCUT2D eigenvalue weighted by atomic mass is 16.6. The molecular formula is C34H39N3O4. The van der Waals surface area contributed by atoms with Crippen LogP contribution in [-0.4, -0.2) is 29.6 Å². The Labute approximate surface area is 241 Å². The van der Waals surface area contributed by atoms with Gasteiger partial charge in [0.1, 0.15) is 22.8 Å². The van der Waals surface area contributed by atoms with E-state index < -0.39 is 5.60 Å². The Kier molecular flexibility index (Phi) is 7.89. The van der Waals surface area contributed by atoms with Crippen molar-refractivity contribution in [3.8, 4) is 0 Å². The number of piperidine rings is 1. The third kappa shape index (κ3) is 6.14. The van der Waals surface area contributed by atoms with Gasteiger partial charge in [-0.3, -0.25) is 4.79 Å². The summed E-state index contributed by atoms with van der Waals surface area (Å²) < 4.78 is 12.3. The van der Waals surface area contributed by atoms with Crippen LogP contribution in [0, 0.1) is 13.8 Å². The Morgan fingerprint density at radius 3 is 2.46 bits per heavy atom. The van der Waals surface area contributed by atoms with Crippen LogP contribution in [0.3, 0.4) is 0 Å². The molecule has 1 aliphatic heterocycles. The van der Waals surface area contributed by atoms with Gasteiger partial charge >= 0.3 is 5.97 Å². The van der Waals surface area contributed by atoms with Crippen LogP contribution in [0.1, 0.15) is 85.3 Å². The van der Waals surface area contributed by atoms with Crippen molar-refractivity contribution in [3.05, 3.63) is 99.0 Å². The van der Waals surface area contributed by atoms with Gasteiger partial charge in [0.05, 0.1) is 17.0 Å². The molecule has 1 unspecified atom stereocenters. The third-order valence-electron chi connectivity index (χ3n) is 7.65. The number of ether oxygens (including phenoxy) is 1. The molecule has 2 aromatic heterocycles. The molecule has 1 N–H and O–H groups in total. The van der Waals surface area contributed by atoms with Gasteiger partial charge in [0.15, 0.2) is 5.43 Å². The number of pyridine rings is 1. The normalized spacial score (nSPS) is 15.1. The van der Waals surface area contributed by atoms with Crippen molar-refractivity contribution in [1.82, 2.24) is 4.98 Å². The second kappa shape index (κ2) is 11.4. The topological polar surface area (TPSA) is 84.7 Å². The molecule has 1 saturated heterocycles. The van der Waals surface area contributed by atoms with Crippen LogP contribution in [0.2, 0.25) is 0 Å². The summed E-state index contributed by atoms with van der Waals surface area (Å²) >= 11 is 0. The average molecular weight is 554 g/mol. The summed E-state index contributed by atoms with van der Waals surface area (Å²) in [4.78, 5) is 33.4. The first-order chi connectivity index (χ1) is 19.5. The number of para-hydroxylation sites is 1. The summed E-state index contributed by atoms with van der Waals surface area (Å²) in [6.07, 6.45) is 3.58. The fourth-order valence-electron chi connectivity index (χ4n) is 5.64. The molecule has 4 aromatic rings. The summed E-state index contributed by atoms with van der Waals surface area (Å²) in [5, 5.41) is 4.08. The van der Waals surface area contributed by atoms with E-state index in [0.717, 1.165) is 48.6 Å². The minimum Gasteiger partial charge on any atom is -0.460 e. The lowest BCUT2D eigenvalue weighted by Crippen LogP contribution is -2.34. The molecule has 0 radical (unpaired) electrons. The van der Waals surface area contributed by atoms with E-state index in [9.17, 15) is 9.59 Å². The van der Waals surface area contributed by atoms with Crippen molar-refractivity contribution in [2.75, 3.05) is 23.3 Å². The fraction of sp³-hybridized carbons (Fsp3) is 0.382. The lowest BCUT2D eigenvalue weighted by atomic mass is 9.90. The van der Waals surface area contributed by atoms with E-state index in [1.54, 1.807) is 6.07 Å². The Morgan fingerprint density at radius 2 is 1.78 bits per heavy atom. The minimum atomic E-state index is -0.603. The van der Waals surface area contributed by atoms with Crippen LogP contribution in [0.15, 0.2) is 70.0 Å². The van der Waals surface area contributed by atoms with Crippen LogP contribution in [-0.2, 0) is 4.74 Å². The van der Waals surface area contributed by atoms with E-state index >= 15 is 0 Å². The van der Waals surface area contributed by atoms with Crippen molar-refractivity contribution in [3.63, 3.8) is 0 Å². The van der Waals surface area contributed by atoms with Gasteiger partial charge in [0, 0.05) is 42.0 Å². The standard InChI is InChI=1S/C34H39N3O4/c1-21-19-26(23(3)36-28-12-8-7-11-25(28)33(39)41-34(4,5)6)32-27(20-21)30(38)22(2)31(40-32)24-14-17-37(18-15-24)29-13-9-10-16-35-29/h7-13,16,19-20,23-24,36H,14-15,17-18H2,1-6H3. The van der Waals surface area contributed by atoms with Crippen molar-refractivity contribution < 1.29 is 13.9 Å². The van der Waals surface area contributed by atoms with Gasteiger partial charge in [0.25, 0.3) is 0 Å². The van der Waals surface area contributed by atoms with Crippen molar-refractivity contribution in [2.45, 2.75) is 71.9 Å². The largest absolute Gasteiger partial charge is 0.460 e. The molecule has 7 heteroatoms. The highest BCUT2D eigenvalue weighted by molar-refractivity contribution is 5.96. The maximum absolute atomic E-state index is 13.7. The monoisotopic (exact) mass is 553 g/mol. The van der Waals surface area contributed by atoms with E-state index in [1.807, 2.05) is 90.2 Å². The smallest absolute Gasteiger partial charge is 0.340 e. The molecule has 41 heavy (non-hydrogen) atoms. The lowest BCUT2D eigenvalue weighted by Gasteiger charge is -2.32. The van der Waals surface area contributed by atoms with Crippen LogP contribution < -0.4 is 15.6 Å². The predicted octanol–water partition coefficient (Wildman–Crippen LogP) is 7.32. The Balaban J connectivity index is 1.47. The molecule has 7 nitrogen and oxygen atoms in total. The Bertz CT molecular complexity index is 1610. The first kappa shape index (κ1) is 28.4. The average Bonchev–Trinajstić information content (AvgIpc) is 2.95. The number of carbonyl (C=O) groups is 1. The maximum atomic E-state index is 13.7. The second-order valence-corrected chi connectivity index (χ2v) is 12.0.